The van der Waals surface area contributed by atoms with Gasteiger partial charge in [-0.25, -0.2) is 4.79 Å². The van der Waals surface area contributed by atoms with Gasteiger partial charge in [-0.05, 0) is 31.5 Å². The van der Waals surface area contributed by atoms with Crippen LogP contribution in [-0.4, -0.2) is 47.1 Å². The number of furan rings is 1. The van der Waals surface area contributed by atoms with Gasteiger partial charge in [0.1, 0.15) is 22.9 Å². The topological polar surface area (TPSA) is 149 Å². The van der Waals surface area contributed by atoms with Crippen molar-refractivity contribution in [1.29, 1.82) is 0 Å². The van der Waals surface area contributed by atoms with E-state index in [0.717, 1.165) is 4.90 Å². The number of carbonyl (C=O) groups excluding carboxylic acids is 5. The number of fused-ring (bicyclic) bond motifs is 1. The molecule has 0 bridgehead atoms. The lowest BCUT2D eigenvalue weighted by molar-refractivity contribution is -0.120. The number of hydrogen-bond acceptors (Lipinski definition) is 7. The third kappa shape index (κ3) is 4.36. The minimum absolute atomic E-state index is 0.00549. The van der Waals surface area contributed by atoms with Gasteiger partial charge in [0.15, 0.2) is 0 Å². The Hall–Kier alpha value is -4.73. The highest BCUT2D eigenvalue weighted by molar-refractivity contribution is 6.23. The first kappa shape index (κ1) is 24.4. The molecule has 36 heavy (non-hydrogen) atoms. The molecular formula is C26H23N3O7. The van der Waals surface area contributed by atoms with Crippen LogP contribution in [0.15, 0.2) is 59.0 Å². The first-order valence-corrected chi connectivity index (χ1v) is 11.2. The molecule has 0 spiro atoms. The number of nitrogens with zero attached hydrogens (tertiary/aromatic N) is 1. The molecule has 0 fully saturated rings. The van der Waals surface area contributed by atoms with Crippen LogP contribution in [0.5, 0.6) is 0 Å². The van der Waals surface area contributed by atoms with Crippen LogP contribution in [0.3, 0.4) is 0 Å². The van der Waals surface area contributed by atoms with Gasteiger partial charge in [0.2, 0.25) is 11.8 Å². The van der Waals surface area contributed by atoms with Crippen molar-refractivity contribution in [2.75, 3.05) is 11.9 Å². The van der Waals surface area contributed by atoms with Crippen LogP contribution in [0, 0.1) is 6.92 Å². The van der Waals surface area contributed by atoms with Crippen LogP contribution < -0.4 is 11.1 Å². The second kappa shape index (κ2) is 9.87. The number of aryl methyl sites for hydroxylation is 1. The summed E-state index contributed by atoms with van der Waals surface area (Å²) in [6.07, 6.45) is -0.00549. The molecule has 2 aromatic carbocycles. The molecule has 0 aliphatic carbocycles. The molecule has 10 heteroatoms. The molecule has 1 atom stereocenters. The number of imide groups is 1. The SMILES string of the molecule is CCOC(=O)c1c(C)oc(NC(=O)C(Cc2ccccc2)N2C(=O)c3ccccc3C2=O)c1C(N)=O. The van der Waals surface area contributed by atoms with Crippen molar-refractivity contribution in [2.45, 2.75) is 26.3 Å². The Labute approximate surface area is 206 Å². The lowest BCUT2D eigenvalue weighted by atomic mass is 10.0. The molecule has 3 N–H and O–H groups in total. The number of benzene rings is 2. The van der Waals surface area contributed by atoms with E-state index in [2.05, 4.69) is 5.32 Å². The molecule has 184 valence electrons. The number of ether oxygens (including phenoxy) is 1. The van der Waals surface area contributed by atoms with Gasteiger partial charge in [-0.3, -0.25) is 29.4 Å². The van der Waals surface area contributed by atoms with Crippen LogP contribution in [-0.2, 0) is 16.0 Å². The molecule has 3 aromatic rings. The third-order valence-electron chi connectivity index (χ3n) is 5.76. The van der Waals surface area contributed by atoms with E-state index in [0.29, 0.717) is 5.56 Å². The Morgan fingerprint density at radius 2 is 1.56 bits per heavy atom. The van der Waals surface area contributed by atoms with Gasteiger partial charge < -0.3 is 14.9 Å². The largest absolute Gasteiger partial charge is 0.462 e. The number of hydrogen-bond donors (Lipinski definition) is 2. The summed E-state index contributed by atoms with van der Waals surface area (Å²) in [5, 5.41) is 2.45. The van der Waals surface area contributed by atoms with Gasteiger partial charge in [0, 0.05) is 6.42 Å². The van der Waals surface area contributed by atoms with Gasteiger partial charge in [-0.15, -0.1) is 0 Å². The van der Waals surface area contributed by atoms with Crippen LogP contribution >= 0.6 is 0 Å². The highest BCUT2D eigenvalue weighted by Crippen LogP contribution is 2.30. The number of anilines is 1. The number of amides is 4. The molecule has 10 nitrogen and oxygen atoms in total. The van der Waals surface area contributed by atoms with Crippen molar-refractivity contribution in [3.05, 3.63) is 88.2 Å². The number of esters is 1. The summed E-state index contributed by atoms with van der Waals surface area (Å²) < 4.78 is 10.5. The summed E-state index contributed by atoms with van der Waals surface area (Å²) in [7, 11) is 0. The maximum Gasteiger partial charge on any atom is 0.342 e. The third-order valence-corrected chi connectivity index (χ3v) is 5.76. The van der Waals surface area contributed by atoms with E-state index >= 15 is 0 Å². The number of nitrogens with one attached hydrogen (secondary N) is 1. The molecule has 1 aromatic heterocycles. The Morgan fingerprint density at radius 3 is 2.11 bits per heavy atom. The Morgan fingerprint density at radius 1 is 0.972 bits per heavy atom. The first-order chi connectivity index (χ1) is 17.2. The van der Waals surface area contributed by atoms with E-state index in [4.69, 9.17) is 14.9 Å². The van der Waals surface area contributed by atoms with E-state index in [9.17, 15) is 24.0 Å². The van der Waals surface area contributed by atoms with Crippen molar-refractivity contribution in [3.8, 4) is 0 Å². The number of nitrogens with two attached hydrogens (primary N) is 1. The molecule has 0 saturated heterocycles. The van der Waals surface area contributed by atoms with Gasteiger partial charge in [0.25, 0.3) is 17.7 Å². The predicted molar refractivity (Wildman–Crippen MR) is 127 cm³/mol. The highest BCUT2D eigenvalue weighted by atomic mass is 16.5. The van der Waals surface area contributed by atoms with Gasteiger partial charge >= 0.3 is 5.97 Å². The Kier molecular flexibility index (Phi) is 6.69. The summed E-state index contributed by atoms with van der Waals surface area (Å²) in [5.41, 5.74) is 5.97. The maximum absolute atomic E-state index is 13.6. The monoisotopic (exact) mass is 489 g/mol. The van der Waals surface area contributed by atoms with E-state index < -0.39 is 35.6 Å². The molecule has 2 heterocycles. The molecular weight excluding hydrogens is 466 g/mol. The molecule has 0 saturated carbocycles. The van der Waals surface area contributed by atoms with E-state index in [1.165, 1.54) is 19.1 Å². The Bertz CT molecular complexity index is 1340. The van der Waals surface area contributed by atoms with Crippen LogP contribution in [0.2, 0.25) is 0 Å². The second-order valence-electron chi connectivity index (χ2n) is 8.04. The summed E-state index contributed by atoms with van der Waals surface area (Å²) >= 11 is 0. The summed E-state index contributed by atoms with van der Waals surface area (Å²) in [6.45, 7) is 3.05. The minimum atomic E-state index is -1.29. The zero-order valence-electron chi connectivity index (χ0n) is 19.6. The van der Waals surface area contributed by atoms with Crippen LogP contribution in [0.1, 0.15) is 59.7 Å². The van der Waals surface area contributed by atoms with Gasteiger partial charge in [-0.1, -0.05) is 42.5 Å². The van der Waals surface area contributed by atoms with Crippen molar-refractivity contribution < 1.29 is 33.1 Å². The predicted octanol–water partition coefficient (Wildman–Crippen LogP) is 2.71. The normalized spacial score (nSPS) is 13.3. The molecule has 1 aliphatic rings. The highest BCUT2D eigenvalue weighted by Gasteiger charge is 2.43. The fraction of sp³-hybridized carbons (Fsp3) is 0.192. The number of primary amides is 1. The van der Waals surface area contributed by atoms with Crippen molar-refractivity contribution in [1.82, 2.24) is 4.90 Å². The fourth-order valence-corrected chi connectivity index (χ4v) is 4.14. The van der Waals surface area contributed by atoms with Gasteiger partial charge in [-0.2, -0.15) is 0 Å². The molecule has 1 unspecified atom stereocenters. The summed E-state index contributed by atoms with van der Waals surface area (Å²) in [5.74, 6) is -4.27. The van der Waals surface area contributed by atoms with Gasteiger partial charge in [0.05, 0.1) is 17.7 Å². The summed E-state index contributed by atoms with van der Waals surface area (Å²) in [4.78, 5) is 65.3. The van der Waals surface area contributed by atoms with E-state index in [1.54, 1.807) is 49.4 Å². The minimum Gasteiger partial charge on any atom is -0.462 e. The molecule has 0 radical (unpaired) electrons. The first-order valence-electron chi connectivity index (χ1n) is 11.2. The number of carbonyl (C=O) groups is 5. The molecule has 4 amide bonds. The lowest BCUT2D eigenvalue weighted by Crippen LogP contribution is -2.48. The van der Waals surface area contributed by atoms with Crippen molar-refractivity contribution in [3.63, 3.8) is 0 Å². The lowest BCUT2D eigenvalue weighted by Gasteiger charge is -2.25. The maximum atomic E-state index is 13.6. The molecule has 4 rings (SSSR count). The van der Waals surface area contributed by atoms with Crippen LogP contribution in [0.4, 0.5) is 5.88 Å². The number of rotatable bonds is 8. The average Bonchev–Trinajstić information content (AvgIpc) is 3.31. The van der Waals surface area contributed by atoms with E-state index in [-0.39, 0.29) is 46.9 Å². The quantitative estimate of drug-likeness (QED) is 0.365. The zero-order valence-corrected chi connectivity index (χ0v) is 19.6. The van der Waals surface area contributed by atoms with Crippen molar-refractivity contribution >= 4 is 35.5 Å². The smallest absolute Gasteiger partial charge is 0.342 e. The van der Waals surface area contributed by atoms with E-state index in [1.807, 2.05) is 0 Å². The fourth-order valence-electron chi connectivity index (χ4n) is 4.14. The summed E-state index contributed by atoms with van der Waals surface area (Å²) in [6, 6.07) is 13.8. The van der Waals surface area contributed by atoms with Crippen LogP contribution in [0.25, 0.3) is 0 Å². The standard InChI is InChI=1S/C26H23N3O7/c1-3-35-26(34)19-14(2)36-23(20(19)21(27)30)28-22(31)18(13-15-9-5-4-6-10-15)29-24(32)16-11-7-8-12-17(16)25(29)33/h4-12,18H,3,13H2,1-2H3,(H2,27,30)(H,28,31). The molecule has 1 aliphatic heterocycles. The van der Waals surface area contributed by atoms with Crippen molar-refractivity contribution in [2.24, 2.45) is 5.73 Å². The Balaban J connectivity index is 1.73. The average molecular weight is 489 g/mol. The second-order valence-corrected chi connectivity index (χ2v) is 8.04. The zero-order chi connectivity index (χ0) is 26.0.